The average Bonchev–Trinajstić information content (AvgIpc) is 1.63. The van der Waals surface area contributed by atoms with E-state index in [0.29, 0.717) is 16.7 Å². The molecule has 0 spiro atoms. The van der Waals surface area contributed by atoms with Crippen LogP contribution in [0.2, 0.25) is 0 Å². The highest BCUT2D eigenvalue weighted by atomic mass is 19.2. The molecule has 0 saturated heterocycles. The fourth-order valence-corrected chi connectivity index (χ4v) is 12.4. The quantitative estimate of drug-likeness (QED) is 0.106. The van der Waals surface area contributed by atoms with Crippen LogP contribution in [0, 0.1) is 105 Å². The van der Waals surface area contributed by atoms with E-state index in [4.69, 9.17) is 0 Å². The van der Waals surface area contributed by atoms with Gasteiger partial charge in [-0.2, -0.15) is 0 Å². The molecule has 604 valence electrons. The van der Waals surface area contributed by atoms with Crippen molar-refractivity contribution in [2.45, 2.75) is 26.2 Å². The number of benzene rings is 9. The van der Waals surface area contributed by atoms with Gasteiger partial charge in [0, 0.05) is 28.5 Å². The number of rotatable bonds is 13. The first-order valence-corrected chi connectivity index (χ1v) is 35.2. The van der Waals surface area contributed by atoms with Gasteiger partial charge in [-0.25, -0.2) is 154 Å². The van der Waals surface area contributed by atoms with E-state index in [1.807, 2.05) is 0 Å². The lowest BCUT2D eigenvalue weighted by atomic mass is 10.1. The summed E-state index contributed by atoms with van der Waals surface area (Å²) < 4.78 is 257. The molecule has 0 aliphatic carbocycles. The molecule has 0 fully saturated rings. The molecule has 19 rings (SSSR count). The van der Waals surface area contributed by atoms with Gasteiger partial charge >= 0.3 is 0 Å². The number of halogens is 18. The standard InChI is InChI=1S/4C18H10F4N4.C11H6F2N4/c19-11-3-1-4-12(20)10(11)8-26-9-23-7-15-18(26)25-17(24-15)16-13(21)5-2-6-14(16)22;19-11-3-1-4-12(20)10(11)8-26-15-7-23-9-24-17(15)25-18(26)16-13(21)5-2-6-14(16)22;19-11-3-1-4-12(20)10(11)8-26-17-15(7-23-9-24-17)25-18(26)16-13(21)5-2-6-14(16)22;19-11-3-1-4-12(20)10(11)7-26-8-15-17(23-9-26)25-18(24-15)16-13(21)5-2-6-14(16)22;12-6-2-1-3-7(13)9(6)11-16-8-4-14-5-15-10(8)17-11/h3*1-7,9H,8H2;1-6,8-9H,7H2;1-5H,(H,14,15,16,17). The fraction of sp³-hybridized carbons (Fsp3) is 0.0482. The maximum atomic E-state index is 14.3. The Hall–Kier alpha value is -15.5. The van der Waals surface area contributed by atoms with Crippen LogP contribution in [-0.2, 0) is 26.2 Å². The number of nitrogens with one attached hydrogen (secondary N) is 1. The SMILES string of the molecule is Fc1cccc(F)c1-c1nc2ncncc2[nH]1.Fc1cccc(F)c1Cn1c(-c2c(F)cccc2F)nc2cncnc21.Fc1cccc(F)c1Cn1c(-c2c(F)cccc2F)nc2ncncc21.Fc1cccc(F)c1Cn1cnc2nc(-c3c(F)cccc3F)nc-2c1.Fc1cccc(F)c1Cn1cncc2nc(-c3c(F)cccc3F)nc1-2. The van der Waals surface area contributed by atoms with Gasteiger partial charge in [0.05, 0.1) is 91.4 Å². The smallest absolute Gasteiger partial charge is 0.183 e. The number of hydrogen-bond donors (Lipinski definition) is 1. The summed E-state index contributed by atoms with van der Waals surface area (Å²) in [5, 5.41) is 0. The first-order valence-electron chi connectivity index (χ1n) is 35.2. The molecule has 10 heterocycles. The minimum atomic E-state index is -0.844. The predicted molar refractivity (Wildman–Crippen MR) is 400 cm³/mol. The lowest BCUT2D eigenvalue weighted by Crippen LogP contribution is -2.09. The average molecular weight is 1670 g/mol. The maximum Gasteiger partial charge on any atom is 0.183 e. The van der Waals surface area contributed by atoms with Crippen LogP contribution >= 0.6 is 0 Å². The Labute approximate surface area is 667 Å². The number of imidazole rings is 5. The molecule has 9 aromatic carbocycles. The van der Waals surface area contributed by atoms with Crippen LogP contribution in [-0.4, -0.2) is 98.0 Å². The minimum Gasteiger partial charge on any atom is -0.335 e. The monoisotopic (exact) mass is 1660 g/mol. The van der Waals surface area contributed by atoms with Crippen molar-refractivity contribution in [3.63, 3.8) is 0 Å². The van der Waals surface area contributed by atoms with Crippen LogP contribution in [0.15, 0.2) is 226 Å². The molecule has 6 aromatic heterocycles. The lowest BCUT2D eigenvalue weighted by Gasteiger charge is -2.11. The molecule has 4 aliphatic rings. The number of H-pyrrole nitrogens is 1. The van der Waals surface area contributed by atoms with Crippen LogP contribution in [0.4, 0.5) is 79.0 Å². The highest BCUT2D eigenvalue weighted by Crippen LogP contribution is 2.36. The summed E-state index contributed by atoms with van der Waals surface area (Å²) in [6.45, 7) is -0.973. The van der Waals surface area contributed by atoms with E-state index >= 15 is 0 Å². The fourth-order valence-electron chi connectivity index (χ4n) is 12.4. The summed E-state index contributed by atoms with van der Waals surface area (Å²) in [6, 6.07) is 31.3. The summed E-state index contributed by atoms with van der Waals surface area (Å²) in [5.74, 6) is -13.9. The normalized spacial score (nSPS) is 11.2. The zero-order valence-corrected chi connectivity index (χ0v) is 61.0. The summed E-state index contributed by atoms with van der Waals surface area (Å²) in [4.78, 5) is 62.8. The number of aromatic amines is 1. The van der Waals surface area contributed by atoms with Crippen molar-refractivity contribution < 1.29 is 79.0 Å². The van der Waals surface area contributed by atoms with Crippen molar-refractivity contribution in [2.24, 2.45) is 0 Å². The molecule has 15 aromatic rings. The van der Waals surface area contributed by atoms with E-state index in [1.54, 1.807) is 0 Å². The lowest BCUT2D eigenvalue weighted by molar-refractivity contribution is 0.542. The molecule has 1 N–H and O–H groups in total. The van der Waals surface area contributed by atoms with Crippen molar-refractivity contribution >= 4 is 33.5 Å². The first-order chi connectivity index (χ1) is 58.4. The van der Waals surface area contributed by atoms with Crippen LogP contribution in [0.5, 0.6) is 0 Å². The van der Waals surface area contributed by atoms with E-state index in [2.05, 4.69) is 79.7 Å². The van der Waals surface area contributed by atoms with Crippen molar-refractivity contribution in [2.75, 3.05) is 0 Å². The van der Waals surface area contributed by atoms with Crippen LogP contribution in [0.25, 0.3) is 113 Å². The molecule has 0 unspecified atom stereocenters. The molecule has 4 aliphatic heterocycles. The molecule has 0 amide bonds. The zero-order valence-electron chi connectivity index (χ0n) is 61.0. The first kappa shape index (κ1) is 80.6. The van der Waals surface area contributed by atoms with Crippen LogP contribution in [0.1, 0.15) is 22.3 Å². The minimum absolute atomic E-state index is 0.108. The maximum absolute atomic E-state index is 14.3. The van der Waals surface area contributed by atoms with Crippen molar-refractivity contribution in [1.82, 2.24) is 98.0 Å². The molecule has 0 atom stereocenters. The molecule has 0 saturated carbocycles. The van der Waals surface area contributed by atoms with Crippen molar-refractivity contribution in [1.29, 1.82) is 0 Å². The molecule has 0 radical (unpaired) electrons. The second kappa shape index (κ2) is 34.7. The molecule has 121 heavy (non-hydrogen) atoms. The van der Waals surface area contributed by atoms with E-state index < -0.39 is 116 Å². The number of nitrogens with zero attached hydrogens (tertiary/aromatic N) is 19. The van der Waals surface area contributed by atoms with Crippen molar-refractivity contribution in [3.05, 3.63) is 353 Å². The molecule has 38 heteroatoms. The van der Waals surface area contributed by atoms with Crippen LogP contribution < -0.4 is 0 Å². The third kappa shape index (κ3) is 16.9. The van der Waals surface area contributed by atoms with Gasteiger partial charge in [0.25, 0.3) is 0 Å². The predicted octanol–water partition coefficient (Wildman–Crippen LogP) is 18.6. The van der Waals surface area contributed by atoms with Gasteiger partial charge < -0.3 is 23.3 Å². The van der Waals surface area contributed by atoms with Crippen LogP contribution in [0.3, 0.4) is 0 Å². The van der Waals surface area contributed by atoms with Crippen molar-refractivity contribution in [3.8, 4) is 80.0 Å². The van der Waals surface area contributed by atoms with Gasteiger partial charge in [0.15, 0.2) is 40.2 Å². The molecular formula is C83H46F18N20. The summed E-state index contributed by atoms with van der Waals surface area (Å²) >= 11 is 0. The van der Waals surface area contributed by atoms with Gasteiger partial charge in [-0.1, -0.05) is 54.6 Å². The van der Waals surface area contributed by atoms with Gasteiger partial charge in [-0.05, 0) is 109 Å². The highest BCUT2D eigenvalue weighted by Gasteiger charge is 2.28. The second-order valence-corrected chi connectivity index (χ2v) is 25.7. The van der Waals surface area contributed by atoms with E-state index in [0.717, 1.165) is 97.1 Å². The summed E-state index contributed by atoms with van der Waals surface area (Å²) in [5.41, 5.74) is -0.195. The second-order valence-electron chi connectivity index (χ2n) is 25.7. The largest absolute Gasteiger partial charge is 0.335 e. The molecule has 20 nitrogen and oxygen atoms in total. The van der Waals surface area contributed by atoms with E-state index in [9.17, 15) is 79.0 Å². The van der Waals surface area contributed by atoms with Gasteiger partial charge in [-0.3, -0.25) is 0 Å². The van der Waals surface area contributed by atoms with E-state index in [1.165, 1.54) is 148 Å². The Bertz CT molecular complexity index is 6600. The Balaban J connectivity index is 0.000000118. The third-order valence-electron chi connectivity index (χ3n) is 18.1. The van der Waals surface area contributed by atoms with Gasteiger partial charge in [0.1, 0.15) is 169 Å². The third-order valence-corrected chi connectivity index (χ3v) is 18.1. The highest BCUT2D eigenvalue weighted by molar-refractivity contribution is 5.79. The zero-order chi connectivity index (χ0) is 84.9. The van der Waals surface area contributed by atoms with E-state index in [-0.39, 0.29) is 134 Å². The number of fused-ring (bicyclic) bond motifs is 5. The van der Waals surface area contributed by atoms with Gasteiger partial charge in [-0.15, -0.1) is 0 Å². The van der Waals surface area contributed by atoms with Gasteiger partial charge in [0.2, 0.25) is 0 Å². The Kier molecular flexibility index (Phi) is 23.1. The topological polar surface area (TPSA) is 229 Å². The number of hydrogen-bond acceptors (Lipinski definition) is 15. The Morgan fingerprint density at radius 2 is 0.678 bits per heavy atom. The number of aromatic nitrogens is 20. The summed E-state index contributed by atoms with van der Waals surface area (Å²) in [7, 11) is 0. The molecular weight excluding hydrogens is 1620 g/mol. The molecule has 0 bridgehead atoms. The Morgan fingerprint density at radius 1 is 0.281 bits per heavy atom. The summed E-state index contributed by atoms with van der Waals surface area (Å²) in [6.07, 6.45) is 13.5. The Morgan fingerprint density at radius 3 is 1.17 bits per heavy atom.